The predicted octanol–water partition coefficient (Wildman–Crippen LogP) is 1.42. The second kappa shape index (κ2) is 5.31. The van der Waals surface area contributed by atoms with Gasteiger partial charge in [0.05, 0.1) is 30.6 Å². The second-order valence-electron chi connectivity index (χ2n) is 4.60. The summed E-state index contributed by atoms with van der Waals surface area (Å²) in [7, 11) is 1.75. The molecule has 0 aromatic carbocycles. The molecule has 16 heavy (non-hydrogen) atoms. The van der Waals surface area contributed by atoms with E-state index in [0.717, 1.165) is 0 Å². The normalized spacial score (nSPS) is 33.4. The van der Waals surface area contributed by atoms with Gasteiger partial charge >= 0.3 is 0 Å². The molecule has 1 amide bonds. The molecule has 1 saturated heterocycles. The molecule has 4 unspecified atom stereocenters. The average Bonchev–Trinajstić information content (AvgIpc) is 2.49. The SMILES string of the molecule is CC1OC(C)C(C(=O)N(C)CCC#N)C1C. The Kier molecular flexibility index (Phi) is 4.31. The van der Waals surface area contributed by atoms with Crippen LogP contribution in [0.3, 0.4) is 0 Å². The molecule has 0 aromatic rings. The highest BCUT2D eigenvalue weighted by Crippen LogP contribution is 2.33. The minimum Gasteiger partial charge on any atom is -0.374 e. The third-order valence-corrected chi connectivity index (χ3v) is 3.46. The van der Waals surface area contributed by atoms with E-state index in [-0.39, 0.29) is 30.0 Å². The first-order chi connectivity index (χ1) is 7.49. The summed E-state index contributed by atoms with van der Waals surface area (Å²) >= 11 is 0. The van der Waals surface area contributed by atoms with Crippen LogP contribution in [-0.2, 0) is 9.53 Å². The standard InChI is InChI=1S/C12H20N2O2/c1-8-9(2)16-10(3)11(8)12(15)14(4)7-5-6-13/h8-11H,5,7H2,1-4H3. The van der Waals surface area contributed by atoms with Crippen molar-refractivity contribution in [2.45, 2.75) is 39.4 Å². The summed E-state index contributed by atoms with van der Waals surface area (Å²) in [5.74, 6) is 0.269. The van der Waals surface area contributed by atoms with E-state index in [2.05, 4.69) is 13.0 Å². The summed E-state index contributed by atoms with van der Waals surface area (Å²) in [4.78, 5) is 13.8. The fourth-order valence-electron chi connectivity index (χ4n) is 2.27. The molecule has 0 radical (unpaired) electrons. The van der Waals surface area contributed by atoms with Gasteiger partial charge in [0, 0.05) is 13.6 Å². The summed E-state index contributed by atoms with van der Waals surface area (Å²) in [6.07, 6.45) is 0.490. The van der Waals surface area contributed by atoms with Crippen LogP contribution in [0.2, 0.25) is 0 Å². The first-order valence-electron chi connectivity index (χ1n) is 5.76. The van der Waals surface area contributed by atoms with Gasteiger partial charge in [0.2, 0.25) is 5.91 Å². The Balaban J connectivity index is 2.63. The predicted molar refractivity (Wildman–Crippen MR) is 60.5 cm³/mol. The highest BCUT2D eigenvalue weighted by Gasteiger charge is 2.42. The van der Waals surface area contributed by atoms with Gasteiger partial charge in [-0.1, -0.05) is 6.92 Å². The van der Waals surface area contributed by atoms with E-state index in [1.54, 1.807) is 11.9 Å². The van der Waals surface area contributed by atoms with Crippen molar-refractivity contribution in [2.24, 2.45) is 11.8 Å². The number of carbonyl (C=O) groups excluding carboxylic acids is 1. The lowest BCUT2D eigenvalue weighted by Crippen LogP contribution is -2.39. The third kappa shape index (κ3) is 2.53. The molecule has 4 nitrogen and oxygen atoms in total. The lowest BCUT2D eigenvalue weighted by molar-refractivity contribution is -0.136. The number of ether oxygens (including phenoxy) is 1. The van der Waals surface area contributed by atoms with E-state index in [9.17, 15) is 4.79 Å². The van der Waals surface area contributed by atoms with Crippen LogP contribution in [0.5, 0.6) is 0 Å². The first-order valence-corrected chi connectivity index (χ1v) is 5.76. The summed E-state index contributed by atoms with van der Waals surface area (Å²) in [6, 6.07) is 2.05. The van der Waals surface area contributed by atoms with Gasteiger partial charge in [0.1, 0.15) is 0 Å². The first kappa shape index (κ1) is 13.0. The molecule has 4 atom stereocenters. The number of nitriles is 1. The van der Waals surface area contributed by atoms with Crippen LogP contribution in [0.25, 0.3) is 0 Å². The van der Waals surface area contributed by atoms with E-state index < -0.39 is 0 Å². The third-order valence-electron chi connectivity index (χ3n) is 3.46. The molecule has 1 aliphatic heterocycles. The summed E-state index contributed by atoms with van der Waals surface area (Å²) in [5.41, 5.74) is 0. The minimum atomic E-state index is -0.0707. The second-order valence-corrected chi connectivity index (χ2v) is 4.60. The topological polar surface area (TPSA) is 53.3 Å². The molecule has 0 aliphatic carbocycles. The summed E-state index contributed by atoms with van der Waals surface area (Å²) in [5, 5.41) is 8.50. The van der Waals surface area contributed by atoms with Crippen LogP contribution >= 0.6 is 0 Å². The molecule has 0 spiro atoms. The molecular weight excluding hydrogens is 204 g/mol. The fourth-order valence-corrected chi connectivity index (χ4v) is 2.27. The van der Waals surface area contributed by atoms with Crippen molar-refractivity contribution >= 4 is 5.91 Å². The van der Waals surface area contributed by atoms with Crippen molar-refractivity contribution in [3.63, 3.8) is 0 Å². The highest BCUT2D eigenvalue weighted by atomic mass is 16.5. The van der Waals surface area contributed by atoms with Crippen molar-refractivity contribution < 1.29 is 9.53 Å². The molecular formula is C12H20N2O2. The largest absolute Gasteiger partial charge is 0.374 e. The number of hydrogen-bond acceptors (Lipinski definition) is 3. The number of hydrogen-bond donors (Lipinski definition) is 0. The molecule has 0 bridgehead atoms. The molecule has 4 heteroatoms. The Labute approximate surface area is 97.2 Å². The van der Waals surface area contributed by atoms with Gasteiger partial charge in [-0.05, 0) is 19.8 Å². The van der Waals surface area contributed by atoms with Gasteiger partial charge in [0.15, 0.2) is 0 Å². The zero-order chi connectivity index (χ0) is 12.3. The van der Waals surface area contributed by atoms with E-state index in [1.807, 2.05) is 13.8 Å². The monoisotopic (exact) mass is 224 g/mol. The molecule has 1 rings (SSSR count). The zero-order valence-electron chi connectivity index (χ0n) is 10.4. The summed E-state index contributed by atoms with van der Waals surface area (Å²) < 4.78 is 5.65. The quantitative estimate of drug-likeness (QED) is 0.728. The Morgan fingerprint density at radius 3 is 2.44 bits per heavy atom. The zero-order valence-corrected chi connectivity index (χ0v) is 10.4. The lowest BCUT2D eigenvalue weighted by atomic mass is 9.88. The van der Waals surface area contributed by atoms with E-state index >= 15 is 0 Å². The molecule has 1 heterocycles. The highest BCUT2D eigenvalue weighted by molar-refractivity contribution is 5.79. The molecule has 1 fully saturated rings. The maximum Gasteiger partial charge on any atom is 0.228 e. The summed E-state index contributed by atoms with van der Waals surface area (Å²) in [6.45, 7) is 6.50. The van der Waals surface area contributed by atoms with Crippen LogP contribution in [0.1, 0.15) is 27.2 Å². The van der Waals surface area contributed by atoms with Crippen molar-refractivity contribution in [3.05, 3.63) is 0 Å². The van der Waals surface area contributed by atoms with Crippen molar-refractivity contribution in [3.8, 4) is 6.07 Å². The lowest BCUT2D eigenvalue weighted by Gasteiger charge is -2.24. The van der Waals surface area contributed by atoms with Crippen LogP contribution < -0.4 is 0 Å². The Hall–Kier alpha value is -1.08. The molecule has 0 aromatic heterocycles. The average molecular weight is 224 g/mol. The number of rotatable bonds is 3. The molecule has 90 valence electrons. The van der Waals surface area contributed by atoms with Crippen LogP contribution in [0.15, 0.2) is 0 Å². The molecule has 0 N–H and O–H groups in total. The molecule has 0 saturated carbocycles. The Morgan fingerprint density at radius 1 is 1.38 bits per heavy atom. The van der Waals surface area contributed by atoms with Crippen molar-refractivity contribution in [1.29, 1.82) is 5.26 Å². The maximum absolute atomic E-state index is 12.2. The van der Waals surface area contributed by atoms with Gasteiger partial charge in [-0.3, -0.25) is 4.79 Å². The smallest absolute Gasteiger partial charge is 0.228 e. The maximum atomic E-state index is 12.2. The van der Waals surface area contributed by atoms with E-state index in [4.69, 9.17) is 10.00 Å². The van der Waals surface area contributed by atoms with Crippen molar-refractivity contribution in [1.82, 2.24) is 4.90 Å². The van der Waals surface area contributed by atoms with Crippen molar-refractivity contribution in [2.75, 3.05) is 13.6 Å². The number of nitrogens with zero attached hydrogens (tertiary/aromatic N) is 2. The van der Waals surface area contributed by atoms with Crippen LogP contribution in [-0.4, -0.2) is 36.6 Å². The van der Waals surface area contributed by atoms with Gasteiger partial charge in [0.25, 0.3) is 0 Å². The van der Waals surface area contributed by atoms with Gasteiger partial charge in [-0.2, -0.15) is 5.26 Å². The van der Waals surface area contributed by atoms with Gasteiger partial charge < -0.3 is 9.64 Å². The minimum absolute atomic E-state index is 0.0259. The number of amides is 1. The number of carbonyl (C=O) groups is 1. The van der Waals surface area contributed by atoms with Crippen LogP contribution in [0.4, 0.5) is 0 Å². The fraction of sp³-hybridized carbons (Fsp3) is 0.833. The van der Waals surface area contributed by atoms with E-state index in [1.165, 1.54) is 0 Å². The van der Waals surface area contributed by atoms with Gasteiger partial charge in [-0.15, -0.1) is 0 Å². The van der Waals surface area contributed by atoms with E-state index in [0.29, 0.717) is 13.0 Å². The van der Waals surface area contributed by atoms with Crippen LogP contribution in [0, 0.1) is 23.2 Å². The Bertz CT molecular complexity index is 298. The van der Waals surface area contributed by atoms with Gasteiger partial charge in [-0.25, -0.2) is 0 Å². The Morgan fingerprint density at radius 2 is 2.00 bits per heavy atom. The molecule has 1 aliphatic rings.